The van der Waals surface area contributed by atoms with Crippen LogP contribution in [0.4, 0.5) is 5.69 Å². The molecule has 3 rings (SSSR count). The number of hydrogen-bond donors (Lipinski definition) is 0. The molecule has 0 atom stereocenters. The molecule has 2 aromatic rings. The van der Waals surface area contributed by atoms with Crippen molar-refractivity contribution in [3.63, 3.8) is 0 Å². The molecule has 0 aliphatic carbocycles. The normalized spacial score (nSPS) is 14.1. The molecule has 1 saturated heterocycles. The van der Waals surface area contributed by atoms with Crippen molar-refractivity contribution < 1.29 is 14.3 Å². The second kappa shape index (κ2) is 10.0. The highest BCUT2D eigenvalue weighted by atomic mass is 16.5. The Hall–Kier alpha value is -3.21. The zero-order valence-electron chi connectivity index (χ0n) is 18.1. The number of carbonyl (C=O) groups excluding carboxylic acids is 1. The Bertz CT molecular complexity index is 928. The predicted octanol–water partition coefficient (Wildman–Crippen LogP) is 4.24. The Morgan fingerprint density at radius 3 is 2.57 bits per heavy atom. The van der Waals surface area contributed by atoms with Gasteiger partial charge >= 0.3 is 0 Å². The first-order valence-electron chi connectivity index (χ1n) is 10.2. The van der Waals surface area contributed by atoms with Gasteiger partial charge < -0.3 is 19.3 Å². The molecule has 5 nitrogen and oxygen atoms in total. The number of amides is 1. The number of anilines is 1. The smallest absolute Gasteiger partial charge is 0.246 e. The van der Waals surface area contributed by atoms with Crippen molar-refractivity contribution in [2.75, 3.05) is 44.8 Å². The topological polar surface area (TPSA) is 42.0 Å². The van der Waals surface area contributed by atoms with Crippen LogP contribution in [0.25, 0.3) is 6.08 Å². The van der Waals surface area contributed by atoms with Crippen molar-refractivity contribution in [2.45, 2.75) is 13.8 Å². The second-order valence-electron chi connectivity index (χ2n) is 7.37. The number of hydrogen-bond acceptors (Lipinski definition) is 4. The lowest BCUT2D eigenvalue weighted by atomic mass is 10.1. The molecule has 0 saturated carbocycles. The van der Waals surface area contributed by atoms with Crippen LogP contribution in [0, 0.1) is 13.8 Å². The highest BCUT2D eigenvalue weighted by molar-refractivity contribution is 5.92. The summed E-state index contributed by atoms with van der Waals surface area (Å²) in [6, 6.07) is 12.0. The van der Waals surface area contributed by atoms with Crippen LogP contribution in [0.2, 0.25) is 0 Å². The van der Waals surface area contributed by atoms with E-state index >= 15 is 0 Å². The first kappa shape index (κ1) is 21.5. The number of aryl methyl sites for hydroxylation is 1. The zero-order valence-corrected chi connectivity index (χ0v) is 18.1. The first-order chi connectivity index (χ1) is 14.5. The fourth-order valence-electron chi connectivity index (χ4n) is 3.57. The van der Waals surface area contributed by atoms with Crippen LogP contribution in [-0.4, -0.2) is 50.7 Å². The lowest BCUT2D eigenvalue weighted by Gasteiger charge is -2.36. The van der Waals surface area contributed by atoms with Gasteiger partial charge in [0, 0.05) is 37.9 Å². The van der Waals surface area contributed by atoms with Crippen molar-refractivity contribution in [3.8, 4) is 11.5 Å². The van der Waals surface area contributed by atoms with Gasteiger partial charge in [-0.25, -0.2) is 0 Å². The van der Waals surface area contributed by atoms with Crippen molar-refractivity contribution in [2.24, 2.45) is 0 Å². The fraction of sp³-hybridized carbons (Fsp3) is 0.320. The van der Waals surface area contributed by atoms with Gasteiger partial charge in [-0.15, -0.1) is 0 Å². The quantitative estimate of drug-likeness (QED) is 0.510. The summed E-state index contributed by atoms with van der Waals surface area (Å²) in [6.07, 6.45) is 5.14. The van der Waals surface area contributed by atoms with Gasteiger partial charge in [0.25, 0.3) is 0 Å². The summed E-state index contributed by atoms with van der Waals surface area (Å²) in [5.41, 5.74) is 4.76. The molecule has 5 heteroatoms. The minimum absolute atomic E-state index is 0.0292. The summed E-state index contributed by atoms with van der Waals surface area (Å²) in [5.74, 6) is 1.32. The summed E-state index contributed by atoms with van der Waals surface area (Å²) < 4.78 is 11.0. The molecule has 1 heterocycles. The molecule has 1 amide bonds. The van der Waals surface area contributed by atoms with Gasteiger partial charge in [0.2, 0.25) is 5.91 Å². The summed E-state index contributed by atoms with van der Waals surface area (Å²) in [6.45, 7) is 11.5. The van der Waals surface area contributed by atoms with E-state index in [-0.39, 0.29) is 5.91 Å². The van der Waals surface area contributed by atoms with Gasteiger partial charge in [-0.1, -0.05) is 30.9 Å². The Morgan fingerprint density at radius 1 is 1.10 bits per heavy atom. The van der Waals surface area contributed by atoms with E-state index in [1.54, 1.807) is 19.3 Å². The largest absolute Gasteiger partial charge is 0.493 e. The van der Waals surface area contributed by atoms with E-state index in [4.69, 9.17) is 9.47 Å². The van der Waals surface area contributed by atoms with Gasteiger partial charge in [0.1, 0.15) is 6.61 Å². The van der Waals surface area contributed by atoms with Crippen LogP contribution < -0.4 is 14.4 Å². The van der Waals surface area contributed by atoms with E-state index in [0.29, 0.717) is 31.2 Å². The molecule has 158 valence electrons. The maximum atomic E-state index is 12.7. The summed E-state index contributed by atoms with van der Waals surface area (Å²) in [4.78, 5) is 16.9. The van der Waals surface area contributed by atoms with Crippen molar-refractivity contribution >= 4 is 17.7 Å². The molecule has 1 fully saturated rings. The minimum atomic E-state index is 0.0292. The summed E-state index contributed by atoms with van der Waals surface area (Å²) in [5, 5.41) is 0. The number of carbonyl (C=O) groups is 1. The van der Waals surface area contributed by atoms with Crippen LogP contribution in [0.5, 0.6) is 11.5 Å². The van der Waals surface area contributed by atoms with Crippen LogP contribution in [0.1, 0.15) is 16.7 Å². The Morgan fingerprint density at radius 2 is 1.87 bits per heavy atom. The Labute approximate surface area is 179 Å². The van der Waals surface area contributed by atoms with Gasteiger partial charge in [0.05, 0.1) is 7.11 Å². The van der Waals surface area contributed by atoms with Crippen LogP contribution in [0.3, 0.4) is 0 Å². The Kier molecular flexibility index (Phi) is 7.17. The van der Waals surface area contributed by atoms with Crippen molar-refractivity contribution in [1.29, 1.82) is 0 Å². The number of ether oxygens (including phenoxy) is 2. The number of benzene rings is 2. The average molecular weight is 407 g/mol. The van der Waals surface area contributed by atoms with E-state index in [2.05, 4.69) is 43.5 Å². The lowest BCUT2D eigenvalue weighted by molar-refractivity contribution is -0.126. The summed E-state index contributed by atoms with van der Waals surface area (Å²) >= 11 is 0. The third-order valence-electron chi connectivity index (χ3n) is 5.47. The highest BCUT2D eigenvalue weighted by Crippen LogP contribution is 2.28. The molecular weight excluding hydrogens is 376 g/mol. The van der Waals surface area contributed by atoms with Crippen LogP contribution in [0.15, 0.2) is 55.1 Å². The molecule has 0 N–H and O–H groups in total. The maximum absolute atomic E-state index is 12.7. The molecular formula is C25H30N2O3. The first-order valence-corrected chi connectivity index (χ1v) is 10.2. The number of nitrogens with zero attached hydrogens (tertiary/aromatic N) is 2. The fourth-order valence-corrected chi connectivity index (χ4v) is 3.57. The summed E-state index contributed by atoms with van der Waals surface area (Å²) in [7, 11) is 1.60. The zero-order chi connectivity index (χ0) is 21.5. The van der Waals surface area contributed by atoms with E-state index in [9.17, 15) is 4.79 Å². The average Bonchev–Trinajstić information content (AvgIpc) is 2.78. The molecule has 0 bridgehead atoms. The third kappa shape index (κ3) is 5.03. The minimum Gasteiger partial charge on any atom is -0.493 e. The van der Waals surface area contributed by atoms with Crippen molar-refractivity contribution in [3.05, 3.63) is 71.8 Å². The molecule has 0 unspecified atom stereocenters. The van der Waals surface area contributed by atoms with E-state index < -0.39 is 0 Å². The third-order valence-corrected chi connectivity index (χ3v) is 5.47. The number of methoxy groups -OCH3 is 1. The number of piperazine rings is 1. The SMILES string of the molecule is C=CCOc1ccc(/C=C/C(=O)N2CCN(c3cccc(C)c3C)CC2)cc1OC. The van der Waals surface area contributed by atoms with Gasteiger partial charge in [-0.05, 0) is 54.8 Å². The van der Waals surface area contributed by atoms with E-state index in [1.165, 1.54) is 16.8 Å². The van der Waals surface area contributed by atoms with E-state index in [0.717, 1.165) is 18.7 Å². The standard InChI is InChI=1S/C25H30N2O3/c1-5-17-30-23-11-9-21(18-24(23)29-4)10-12-25(28)27-15-13-26(14-16-27)22-8-6-7-19(2)20(22)3/h5-12,18H,1,13-17H2,2-4H3/b12-10+. The van der Waals surface area contributed by atoms with Crippen molar-refractivity contribution in [1.82, 2.24) is 4.90 Å². The molecule has 0 radical (unpaired) electrons. The van der Waals surface area contributed by atoms with Gasteiger partial charge in [-0.3, -0.25) is 4.79 Å². The molecule has 1 aliphatic rings. The second-order valence-corrected chi connectivity index (χ2v) is 7.37. The molecule has 30 heavy (non-hydrogen) atoms. The predicted molar refractivity (Wildman–Crippen MR) is 122 cm³/mol. The monoisotopic (exact) mass is 406 g/mol. The molecule has 2 aromatic carbocycles. The van der Waals surface area contributed by atoms with Gasteiger partial charge in [0.15, 0.2) is 11.5 Å². The van der Waals surface area contributed by atoms with Crippen LogP contribution in [-0.2, 0) is 4.79 Å². The molecule has 1 aliphatic heterocycles. The maximum Gasteiger partial charge on any atom is 0.246 e. The van der Waals surface area contributed by atoms with Crippen LogP contribution >= 0.6 is 0 Å². The Balaban J connectivity index is 1.60. The lowest BCUT2D eigenvalue weighted by Crippen LogP contribution is -2.48. The van der Waals surface area contributed by atoms with E-state index in [1.807, 2.05) is 29.2 Å². The molecule has 0 spiro atoms. The van der Waals surface area contributed by atoms with Gasteiger partial charge in [-0.2, -0.15) is 0 Å². The molecule has 0 aromatic heterocycles. The number of rotatable bonds is 7. The highest BCUT2D eigenvalue weighted by Gasteiger charge is 2.21.